The second kappa shape index (κ2) is 9.13. The molecular weight excluding hydrogens is 367 g/mol. The summed E-state index contributed by atoms with van der Waals surface area (Å²) < 4.78 is 15.1. The molecule has 1 saturated heterocycles. The Kier molecular flexibility index (Phi) is 6.14. The molecule has 2 aromatic carbocycles. The van der Waals surface area contributed by atoms with E-state index in [4.69, 9.17) is 0 Å². The van der Waals surface area contributed by atoms with Gasteiger partial charge in [-0.05, 0) is 46.7 Å². The number of halogens is 1. The molecule has 0 bridgehead atoms. The van der Waals surface area contributed by atoms with Gasteiger partial charge in [0, 0.05) is 31.9 Å². The number of hydrogen-bond acceptors (Lipinski definition) is 5. The normalized spacial score (nSPS) is 16.1. The first-order valence-corrected chi connectivity index (χ1v) is 10.3. The quantitative estimate of drug-likeness (QED) is 0.614. The predicted molar refractivity (Wildman–Crippen MR) is 111 cm³/mol. The lowest BCUT2D eigenvalue weighted by Crippen LogP contribution is -2.48. The number of benzene rings is 2. The largest absolute Gasteiger partial charge is 0.369 e. The highest BCUT2D eigenvalue weighted by molar-refractivity contribution is 5.46. The van der Waals surface area contributed by atoms with Crippen LogP contribution in [0.15, 0.2) is 54.6 Å². The average molecular weight is 394 g/mol. The van der Waals surface area contributed by atoms with E-state index in [0.717, 1.165) is 50.5 Å². The summed E-state index contributed by atoms with van der Waals surface area (Å²) in [4.78, 5) is 4.79. The number of hydrogen-bond donors (Lipinski definition) is 0. The van der Waals surface area contributed by atoms with Gasteiger partial charge in [-0.15, -0.1) is 5.10 Å². The van der Waals surface area contributed by atoms with Crippen LogP contribution >= 0.6 is 0 Å². The molecule has 1 aliphatic rings. The first-order chi connectivity index (χ1) is 14.2. The third kappa shape index (κ3) is 4.62. The number of rotatable bonds is 7. The van der Waals surface area contributed by atoms with Crippen molar-refractivity contribution >= 4 is 5.69 Å². The van der Waals surface area contributed by atoms with E-state index in [9.17, 15) is 4.39 Å². The molecule has 1 aliphatic heterocycles. The molecule has 1 aromatic heterocycles. The molecule has 4 rings (SSSR count). The second-order valence-electron chi connectivity index (χ2n) is 7.48. The maximum Gasteiger partial charge on any atom is 0.168 e. The molecule has 1 fully saturated rings. The highest BCUT2D eigenvalue weighted by atomic mass is 19.1. The Morgan fingerprint density at radius 1 is 0.966 bits per heavy atom. The topological polar surface area (TPSA) is 50.1 Å². The fourth-order valence-corrected chi connectivity index (χ4v) is 4.01. The summed E-state index contributed by atoms with van der Waals surface area (Å²) in [5, 5.41) is 12.6. The second-order valence-corrected chi connectivity index (χ2v) is 7.48. The smallest absolute Gasteiger partial charge is 0.168 e. The molecule has 2 heterocycles. The van der Waals surface area contributed by atoms with Gasteiger partial charge in [-0.3, -0.25) is 4.90 Å². The van der Waals surface area contributed by atoms with Gasteiger partial charge in [0.15, 0.2) is 5.82 Å². The fraction of sp³-hybridized carbons (Fsp3) is 0.409. The summed E-state index contributed by atoms with van der Waals surface area (Å²) in [5.74, 6) is 0.742. The van der Waals surface area contributed by atoms with E-state index in [1.165, 1.54) is 17.7 Å². The van der Waals surface area contributed by atoms with Crippen LogP contribution in [0.3, 0.4) is 0 Å². The molecule has 3 aromatic rings. The highest BCUT2D eigenvalue weighted by Gasteiger charge is 2.28. The van der Waals surface area contributed by atoms with Gasteiger partial charge in [-0.1, -0.05) is 43.7 Å². The Balaban J connectivity index is 1.46. The molecule has 6 nitrogen and oxygen atoms in total. The summed E-state index contributed by atoms with van der Waals surface area (Å²) in [5.41, 5.74) is 2.27. The maximum atomic E-state index is 13.2. The molecule has 0 N–H and O–H groups in total. The van der Waals surface area contributed by atoms with Gasteiger partial charge in [-0.2, -0.15) is 0 Å². The van der Waals surface area contributed by atoms with Crippen molar-refractivity contribution in [3.63, 3.8) is 0 Å². The van der Waals surface area contributed by atoms with Crippen LogP contribution in [0.25, 0.3) is 0 Å². The van der Waals surface area contributed by atoms with Crippen LogP contribution in [0.5, 0.6) is 0 Å². The first kappa shape index (κ1) is 19.5. The molecule has 152 valence electrons. The molecule has 0 spiro atoms. The van der Waals surface area contributed by atoms with Crippen molar-refractivity contribution in [2.45, 2.75) is 32.4 Å². The Morgan fingerprint density at radius 3 is 2.38 bits per heavy atom. The number of anilines is 1. The minimum absolute atomic E-state index is 0.194. The number of tetrazole rings is 1. The van der Waals surface area contributed by atoms with Crippen LogP contribution < -0.4 is 4.90 Å². The summed E-state index contributed by atoms with van der Waals surface area (Å²) in [6, 6.07) is 17.3. The van der Waals surface area contributed by atoms with Gasteiger partial charge < -0.3 is 4.90 Å². The van der Waals surface area contributed by atoms with E-state index in [2.05, 4.69) is 44.4 Å². The van der Waals surface area contributed by atoms with Crippen LogP contribution in [-0.2, 0) is 6.54 Å². The van der Waals surface area contributed by atoms with Crippen molar-refractivity contribution in [1.82, 2.24) is 25.1 Å². The summed E-state index contributed by atoms with van der Waals surface area (Å²) in [6.07, 6.45) is 2.09. The van der Waals surface area contributed by atoms with Crippen molar-refractivity contribution in [1.29, 1.82) is 0 Å². The monoisotopic (exact) mass is 394 g/mol. The molecule has 1 atom stereocenters. The van der Waals surface area contributed by atoms with E-state index in [1.807, 2.05) is 35.0 Å². The predicted octanol–water partition coefficient (Wildman–Crippen LogP) is 3.52. The van der Waals surface area contributed by atoms with E-state index in [-0.39, 0.29) is 11.9 Å². The zero-order chi connectivity index (χ0) is 20.1. The van der Waals surface area contributed by atoms with Gasteiger partial charge in [0.25, 0.3) is 0 Å². The van der Waals surface area contributed by atoms with Gasteiger partial charge >= 0.3 is 0 Å². The highest BCUT2D eigenvalue weighted by Crippen LogP contribution is 2.27. The minimum Gasteiger partial charge on any atom is -0.369 e. The Morgan fingerprint density at radius 2 is 1.69 bits per heavy atom. The molecule has 0 unspecified atom stereocenters. The molecule has 7 heteroatoms. The van der Waals surface area contributed by atoms with Crippen molar-refractivity contribution < 1.29 is 4.39 Å². The molecular formula is C22H27FN6. The number of nitrogens with zero attached hydrogens (tertiary/aromatic N) is 6. The Hall–Kier alpha value is -2.80. The number of aromatic nitrogens is 4. The molecule has 0 aliphatic carbocycles. The van der Waals surface area contributed by atoms with E-state index >= 15 is 0 Å². The maximum absolute atomic E-state index is 13.2. The molecule has 0 saturated carbocycles. The zero-order valence-corrected chi connectivity index (χ0v) is 16.8. The third-order valence-electron chi connectivity index (χ3n) is 5.54. The lowest BCUT2D eigenvalue weighted by molar-refractivity contribution is 0.164. The van der Waals surface area contributed by atoms with Crippen molar-refractivity contribution in [2.24, 2.45) is 0 Å². The minimum atomic E-state index is -0.194. The Bertz CT molecular complexity index is 887. The molecule has 0 amide bonds. The van der Waals surface area contributed by atoms with Gasteiger partial charge in [-0.25, -0.2) is 9.07 Å². The standard InChI is InChI=1S/C22H27FN6/c1-2-6-21(22-24-25-26-29(22)17-18-7-4-3-5-8-18)28-15-13-27(14-16-28)20-11-9-19(23)10-12-20/h3-5,7-12,21H,2,6,13-17H2,1H3/t21-/m1/s1. The van der Waals surface area contributed by atoms with Crippen LogP contribution in [0.4, 0.5) is 10.1 Å². The molecule has 29 heavy (non-hydrogen) atoms. The Labute approximate surface area is 170 Å². The van der Waals surface area contributed by atoms with Crippen LogP contribution in [0.1, 0.15) is 37.2 Å². The zero-order valence-electron chi connectivity index (χ0n) is 16.8. The fourth-order valence-electron chi connectivity index (χ4n) is 4.01. The van der Waals surface area contributed by atoms with Crippen LogP contribution in [0.2, 0.25) is 0 Å². The van der Waals surface area contributed by atoms with E-state index in [0.29, 0.717) is 6.54 Å². The lowest BCUT2D eigenvalue weighted by atomic mass is 10.1. The van der Waals surface area contributed by atoms with E-state index in [1.54, 1.807) is 0 Å². The van der Waals surface area contributed by atoms with E-state index < -0.39 is 0 Å². The van der Waals surface area contributed by atoms with Crippen molar-refractivity contribution in [2.75, 3.05) is 31.1 Å². The lowest BCUT2D eigenvalue weighted by Gasteiger charge is -2.39. The van der Waals surface area contributed by atoms with Gasteiger partial charge in [0.05, 0.1) is 12.6 Å². The van der Waals surface area contributed by atoms with Crippen molar-refractivity contribution in [3.8, 4) is 0 Å². The van der Waals surface area contributed by atoms with Crippen LogP contribution in [-0.4, -0.2) is 51.3 Å². The number of piperazine rings is 1. The summed E-state index contributed by atoms with van der Waals surface area (Å²) in [7, 11) is 0. The SMILES string of the molecule is CCC[C@H](c1nnnn1Cc1ccccc1)N1CCN(c2ccc(F)cc2)CC1. The van der Waals surface area contributed by atoms with Crippen LogP contribution in [0, 0.1) is 5.82 Å². The molecule has 0 radical (unpaired) electrons. The van der Waals surface area contributed by atoms with Gasteiger partial charge in [0.1, 0.15) is 5.82 Å². The average Bonchev–Trinajstić information content (AvgIpc) is 3.21. The first-order valence-electron chi connectivity index (χ1n) is 10.3. The summed E-state index contributed by atoms with van der Waals surface area (Å²) >= 11 is 0. The third-order valence-corrected chi connectivity index (χ3v) is 5.54. The van der Waals surface area contributed by atoms with Gasteiger partial charge in [0.2, 0.25) is 0 Å². The summed E-state index contributed by atoms with van der Waals surface area (Å²) in [6.45, 7) is 6.56. The van der Waals surface area contributed by atoms with Crippen molar-refractivity contribution in [3.05, 3.63) is 71.8 Å².